The van der Waals surface area contributed by atoms with Crippen molar-refractivity contribution in [3.05, 3.63) is 68.2 Å². The van der Waals surface area contributed by atoms with Crippen LogP contribution >= 0.6 is 15.9 Å². The van der Waals surface area contributed by atoms with Gasteiger partial charge in [-0.05, 0) is 42.7 Å². The van der Waals surface area contributed by atoms with E-state index in [9.17, 15) is 14.9 Å². The normalized spacial score (nSPS) is 11.8. The fourth-order valence-electron chi connectivity index (χ4n) is 2.50. The molecule has 0 saturated carbocycles. The lowest BCUT2D eigenvalue weighted by molar-refractivity contribution is -0.384. The van der Waals surface area contributed by atoms with Crippen molar-refractivity contribution in [2.45, 2.75) is 26.3 Å². The van der Waals surface area contributed by atoms with Gasteiger partial charge in [0.1, 0.15) is 0 Å². The van der Waals surface area contributed by atoms with Gasteiger partial charge in [-0.2, -0.15) is 0 Å². The highest BCUT2D eigenvalue weighted by Crippen LogP contribution is 2.22. The zero-order chi connectivity index (χ0) is 18.4. The van der Waals surface area contributed by atoms with Crippen molar-refractivity contribution in [3.63, 3.8) is 0 Å². The third-order valence-electron chi connectivity index (χ3n) is 3.88. The van der Waals surface area contributed by atoms with Gasteiger partial charge in [-0.1, -0.05) is 35.0 Å². The first-order chi connectivity index (χ1) is 11.9. The molecule has 2 aromatic rings. The monoisotopic (exact) mass is 405 g/mol. The van der Waals surface area contributed by atoms with E-state index >= 15 is 0 Å². The number of anilines is 1. The molecule has 25 heavy (non-hydrogen) atoms. The molecule has 0 spiro atoms. The Labute approximate surface area is 154 Å². The number of nitrogens with zero attached hydrogens (tertiary/aromatic N) is 1. The highest BCUT2D eigenvalue weighted by atomic mass is 79.9. The van der Waals surface area contributed by atoms with Crippen molar-refractivity contribution < 1.29 is 9.72 Å². The summed E-state index contributed by atoms with van der Waals surface area (Å²) in [5.41, 5.74) is 2.36. The van der Waals surface area contributed by atoms with E-state index in [1.807, 2.05) is 24.3 Å². The Hall–Kier alpha value is -2.25. The van der Waals surface area contributed by atoms with Crippen molar-refractivity contribution in [2.75, 3.05) is 11.9 Å². The second kappa shape index (κ2) is 8.73. The van der Waals surface area contributed by atoms with E-state index in [1.54, 1.807) is 13.0 Å². The quantitative estimate of drug-likeness (QED) is 0.529. The Morgan fingerprint density at radius 2 is 1.92 bits per heavy atom. The summed E-state index contributed by atoms with van der Waals surface area (Å²) in [6.07, 6.45) is 0.853. The summed E-state index contributed by atoms with van der Waals surface area (Å²) in [6.45, 7) is 3.94. The van der Waals surface area contributed by atoms with Crippen LogP contribution in [0, 0.1) is 17.0 Å². The van der Waals surface area contributed by atoms with Gasteiger partial charge in [0, 0.05) is 28.3 Å². The lowest BCUT2D eigenvalue weighted by atomic mass is 10.0. The molecule has 0 fully saturated rings. The molecule has 0 aromatic heterocycles. The maximum Gasteiger partial charge on any atom is 0.269 e. The first-order valence-electron chi connectivity index (χ1n) is 7.94. The first-order valence-corrected chi connectivity index (χ1v) is 8.73. The Balaban J connectivity index is 1.95. The third kappa shape index (κ3) is 5.37. The summed E-state index contributed by atoms with van der Waals surface area (Å²) in [5, 5.41) is 16.8. The summed E-state index contributed by atoms with van der Waals surface area (Å²) in [6, 6.07) is 12.4. The molecule has 2 aromatic carbocycles. The highest BCUT2D eigenvalue weighted by Gasteiger charge is 2.13. The summed E-state index contributed by atoms with van der Waals surface area (Å²) in [7, 11) is 0. The van der Waals surface area contributed by atoms with Gasteiger partial charge < -0.3 is 10.6 Å². The minimum atomic E-state index is -0.454. The average molecular weight is 406 g/mol. The predicted molar refractivity (Wildman–Crippen MR) is 102 cm³/mol. The minimum absolute atomic E-state index is 0.00918. The Morgan fingerprint density at radius 1 is 1.24 bits per heavy atom. The molecule has 0 heterocycles. The fraction of sp³-hybridized carbons (Fsp3) is 0.278. The number of nitro groups is 1. The first kappa shape index (κ1) is 19.1. The second-order valence-corrected chi connectivity index (χ2v) is 6.61. The number of non-ortho nitro benzene ring substituents is 1. The molecule has 0 aliphatic rings. The Bertz CT molecular complexity index is 763. The molecule has 0 bridgehead atoms. The number of hydrogen-bond acceptors (Lipinski definition) is 4. The van der Waals surface area contributed by atoms with Gasteiger partial charge in [0.2, 0.25) is 5.91 Å². The number of hydrogen-bond donors (Lipinski definition) is 2. The predicted octanol–water partition coefficient (Wildman–Crippen LogP) is 4.35. The molecule has 132 valence electrons. The molecule has 0 aliphatic carbocycles. The largest absolute Gasteiger partial charge is 0.325 e. The van der Waals surface area contributed by atoms with E-state index in [-0.39, 0.29) is 24.2 Å². The van der Waals surface area contributed by atoms with E-state index < -0.39 is 4.92 Å². The van der Waals surface area contributed by atoms with Crippen LogP contribution in [-0.2, 0) is 4.79 Å². The van der Waals surface area contributed by atoms with Crippen LogP contribution in [0.25, 0.3) is 0 Å². The maximum atomic E-state index is 12.2. The molecule has 2 rings (SSSR count). The van der Waals surface area contributed by atoms with E-state index in [4.69, 9.17) is 0 Å². The lowest BCUT2D eigenvalue weighted by Crippen LogP contribution is -2.31. The number of carbonyl (C=O) groups excluding carboxylic acids is 1. The molecular formula is C18H20BrN3O3. The molecule has 0 aliphatic heterocycles. The fourth-order valence-corrected chi connectivity index (χ4v) is 2.77. The van der Waals surface area contributed by atoms with Crippen molar-refractivity contribution in [1.82, 2.24) is 5.32 Å². The van der Waals surface area contributed by atoms with Crippen molar-refractivity contribution in [3.8, 4) is 0 Å². The number of amides is 1. The lowest BCUT2D eigenvalue weighted by Gasteiger charge is -2.17. The SMILES string of the molecule is CC[C@H](NCC(=O)Nc1ccc([N+](=O)[O-])cc1C)c1ccc(Br)cc1. The number of halogens is 1. The molecule has 0 unspecified atom stereocenters. The van der Waals surface area contributed by atoms with Crippen LogP contribution in [0.15, 0.2) is 46.9 Å². The number of carbonyl (C=O) groups is 1. The number of rotatable bonds is 7. The number of aryl methyl sites for hydroxylation is 1. The number of nitro benzene ring substituents is 1. The second-order valence-electron chi connectivity index (χ2n) is 5.70. The average Bonchev–Trinajstić information content (AvgIpc) is 2.58. The summed E-state index contributed by atoms with van der Waals surface area (Å²) in [4.78, 5) is 22.5. The molecule has 7 heteroatoms. The maximum absolute atomic E-state index is 12.2. The smallest absolute Gasteiger partial charge is 0.269 e. The van der Waals surface area contributed by atoms with Gasteiger partial charge in [-0.15, -0.1) is 0 Å². The highest BCUT2D eigenvalue weighted by molar-refractivity contribution is 9.10. The molecule has 2 N–H and O–H groups in total. The number of benzene rings is 2. The van der Waals surface area contributed by atoms with Gasteiger partial charge in [-0.3, -0.25) is 14.9 Å². The standard InChI is InChI=1S/C18H20BrN3O3/c1-3-16(13-4-6-14(19)7-5-13)20-11-18(23)21-17-9-8-15(22(24)25)10-12(17)2/h4-10,16,20H,3,11H2,1-2H3,(H,21,23)/t16-/m0/s1. The van der Waals surface area contributed by atoms with Crippen molar-refractivity contribution in [1.29, 1.82) is 0 Å². The molecular weight excluding hydrogens is 386 g/mol. The molecule has 1 atom stereocenters. The topological polar surface area (TPSA) is 84.3 Å². The molecule has 1 amide bonds. The van der Waals surface area contributed by atoms with Crippen LogP contribution in [0.5, 0.6) is 0 Å². The van der Waals surface area contributed by atoms with E-state index in [1.165, 1.54) is 12.1 Å². The van der Waals surface area contributed by atoms with Crippen LogP contribution in [0.2, 0.25) is 0 Å². The Kier molecular flexibility index (Phi) is 6.66. The summed E-state index contributed by atoms with van der Waals surface area (Å²) >= 11 is 3.41. The van der Waals surface area contributed by atoms with Crippen LogP contribution in [0.3, 0.4) is 0 Å². The van der Waals surface area contributed by atoms with Crippen LogP contribution in [0.4, 0.5) is 11.4 Å². The van der Waals surface area contributed by atoms with Crippen molar-refractivity contribution in [2.24, 2.45) is 0 Å². The summed E-state index contributed by atoms with van der Waals surface area (Å²) < 4.78 is 1.01. The third-order valence-corrected chi connectivity index (χ3v) is 4.41. The van der Waals surface area contributed by atoms with Gasteiger partial charge >= 0.3 is 0 Å². The van der Waals surface area contributed by atoms with E-state index in [0.717, 1.165) is 16.5 Å². The molecule has 6 nitrogen and oxygen atoms in total. The Morgan fingerprint density at radius 3 is 2.48 bits per heavy atom. The molecule has 0 radical (unpaired) electrons. The zero-order valence-electron chi connectivity index (χ0n) is 14.1. The van der Waals surface area contributed by atoms with Gasteiger partial charge in [0.05, 0.1) is 11.5 Å². The summed E-state index contributed by atoms with van der Waals surface area (Å²) in [5.74, 6) is -0.187. The molecule has 0 saturated heterocycles. The van der Waals surface area contributed by atoms with E-state index in [0.29, 0.717) is 11.3 Å². The van der Waals surface area contributed by atoms with E-state index in [2.05, 4.69) is 33.5 Å². The van der Waals surface area contributed by atoms with Crippen LogP contribution < -0.4 is 10.6 Å². The van der Waals surface area contributed by atoms with Crippen LogP contribution in [0.1, 0.15) is 30.5 Å². The zero-order valence-corrected chi connectivity index (χ0v) is 15.7. The van der Waals surface area contributed by atoms with Gasteiger partial charge in [0.15, 0.2) is 0 Å². The van der Waals surface area contributed by atoms with Gasteiger partial charge in [-0.25, -0.2) is 0 Å². The number of nitrogens with one attached hydrogen (secondary N) is 2. The van der Waals surface area contributed by atoms with Crippen molar-refractivity contribution >= 4 is 33.2 Å². The van der Waals surface area contributed by atoms with Crippen LogP contribution in [-0.4, -0.2) is 17.4 Å². The minimum Gasteiger partial charge on any atom is -0.325 e. The van der Waals surface area contributed by atoms with Gasteiger partial charge in [0.25, 0.3) is 5.69 Å².